The van der Waals surface area contributed by atoms with E-state index in [2.05, 4.69) is 17.0 Å². The van der Waals surface area contributed by atoms with Crippen LogP contribution in [0, 0.1) is 5.82 Å². The van der Waals surface area contributed by atoms with Crippen molar-refractivity contribution in [3.05, 3.63) is 71.5 Å². The summed E-state index contributed by atoms with van der Waals surface area (Å²) in [5.74, 6) is -1.04. The Morgan fingerprint density at radius 3 is 2.52 bits per heavy atom. The molecular formula is C20H23FN2O2. The first-order valence-corrected chi connectivity index (χ1v) is 8.55. The normalized spacial score (nSPS) is 20.3. The lowest BCUT2D eigenvalue weighted by Gasteiger charge is -2.43. The number of aliphatic carboxylic acids is 1. The third-order valence-electron chi connectivity index (χ3n) is 4.78. The number of nitrogens with zero attached hydrogens (tertiary/aromatic N) is 2. The van der Waals surface area contributed by atoms with Crippen LogP contribution in [-0.2, 0) is 4.79 Å². The number of hydrogen-bond acceptors (Lipinski definition) is 3. The zero-order valence-electron chi connectivity index (χ0n) is 14.3. The Morgan fingerprint density at radius 2 is 1.88 bits per heavy atom. The third-order valence-corrected chi connectivity index (χ3v) is 4.78. The van der Waals surface area contributed by atoms with Gasteiger partial charge in [-0.3, -0.25) is 14.6 Å². The highest BCUT2D eigenvalue weighted by Crippen LogP contribution is 2.31. The molecule has 0 bridgehead atoms. The summed E-state index contributed by atoms with van der Waals surface area (Å²) < 4.78 is 13.8. The Morgan fingerprint density at radius 1 is 1.16 bits per heavy atom. The van der Waals surface area contributed by atoms with Gasteiger partial charge < -0.3 is 5.11 Å². The molecule has 1 fully saturated rings. The highest BCUT2D eigenvalue weighted by atomic mass is 19.1. The minimum atomic E-state index is -0.801. The summed E-state index contributed by atoms with van der Waals surface area (Å²) in [6.07, 6.45) is 0. The molecule has 4 nitrogen and oxygen atoms in total. The number of piperazine rings is 1. The molecule has 0 saturated carbocycles. The van der Waals surface area contributed by atoms with E-state index in [0.717, 1.165) is 24.2 Å². The lowest BCUT2D eigenvalue weighted by atomic mass is 9.95. The standard InChI is InChI=1S/C20H23FN2O2/c1-15-13-23(11-10-22(15)14-19(24)25)20(16-6-3-2-4-7-16)17-8-5-9-18(21)12-17/h2-9,12,15,20H,10-11,13-14H2,1H3,(H,24,25)/t15-,20?/m1/s1. The summed E-state index contributed by atoms with van der Waals surface area (Å²) in [4.78, 5) is 15.3. The minimum Gasteiger partial charge on any atom is -0.480 e. The Kier molecular flexibility index (Phi) is 5.46. The van der Waals surface area contributed by atoms with Crippen LogP contribution >= 0.6 is 0 Å². The fourth-order valence-corrected chi connectivity index (χ4v) is 3.59. The molecule has 0 amide bonds. The van der Waals surface area contributed by atoms with E-state index in [1.54, 1.807) is 12.1 Å². The van der Waals surface area contributed by atoms with Gasteiger partial charge in [0, 0.05) is 25.7 Å². The predicted molar refractivity (Wildman–Crippen MR) is 94.9 cm³/mol. The number of halogens is 1. The van der Waals surface area contributed by atoms with E-state index in [1.165, 1.54) is 6.07 Å². The monoisotopic (exact) mass is 342 g/mol. The molecule has 1 saturated heterocycles. The van der Waals surface area contributed by atoms with E-state index in [1.807, 2.05) is 36.1 Å². The van der Waals surface area contributed by atoms with Crippen LogP contribution in [0.25, 0.3) is 0 Å². The molecule has 1 heterocycles. The first-order chi connectivity index (χ1) is 12.0. The van der Waals surface area contributed by atoms with Crippen LogP contribution in [0.2, 0.25) is 0 Å². The van der Waals surface area contributed by atoms with Crippen molar-refractivity contribution in [3.8, 4) is 0 Å². The number of carboxylic acids is 1. The molecule has 132 valence electrons. The summed E-state index contributed by atoms with van der Waals surface area (Å²) in [5.41, 5.74) is 2.04. The van der Waals surface area contributed by atoms with Crippen molar-refractivity contribution in [1.82, 2.24) is 9.80 Å². The van der Waals surface area contributed by atoms with Crippen molar-refractivity contribution in [3.63, 3.8) is 0 Å². The summed E-state index contributed by atoms with van der Waals surface area (Å²) in [5, 5.41) is 9.05. The average Bonchev–Trinajstić information content (AvgIpc) is 2.58. The van der Waals surface area contributed by atoms with Crippen molar-refractivity contribution in [2.45, 2.75) is 19.0 Å². The third kappa shape index (κ3) is 4.24. The van der Waals surface area contributed by atoms with Gasteiger partial charge in [-0.05, 0) is 30.2 Å². The fourth-order valence-electron chi connectivity index (χ4n) is 3.59. The quantitative estimate of drug-likeness (QED) is 0.907. The van der Waals surface area contributed by atoms with Crippen LogP contribution in [0.3, 0.4) is 0 Å². The highest BCUT2D eigenvalue weighted by molar-refractivity contribution is 5.69. The van der Waals surface area contributed by atoms with Crippen LogP contribution in [0.15, 0.2) is 54.6 Å². The summed E-state index contributed by atoms with van der Waals surface area (Å²) in [6, 6.07) is 16.9. The number of rotatable bonds is 5. The molecule has 1 unspecified atom stereocenters. The van der Waals surface area contributed by atoms with E-state index in [-0.39, 0.29) is 24.4 Å². The Bertz CT molecular complexity index is 723. The molecule has 0 radical (unpaired) electrons. The van der Waals surface area contributed by atoms with Crippen molar-refractivity contribution in [1.29, 1.82) is 0 Å². The number of hydrogen-bond donors (Lipinski definition) is 1. The second kappa shape index (κ2) is 7.76. The highest BCUT2D eigenvalue weighted by Gasteiger charge is 2.31. The van der Waals surface area contributed by atoms with E-state index in [4.69, 9.17) is 5.11 Å². The molecule has 2 aromatic carbocycles. The number of carbonyl (C=O) groups is 1. The van der Waals surface area contributed by atoms with Gasteiger partial charge in [0.2, 0.25) is 0 Å². The molecule has 0 aromatic heterocycles. The topological polar surface area (TPSA) is 43.8 Å². The maximum Gasteiger partial charge on any atom is 0.317 e. The van der Waals surface area contributed by atoms with E-state index < -0.39 is 5.97 Å². The SMILES string of the molecule is C[C@@H]1CN(C(c2ccccc2)c2cccc(F)c2)CCN1CC(=O)O. The van der Waals surface area contributed by atoms with Gasteiger partial charge in [-0.1, -0.05) is 42.5 Å². The first kappa shape index (κ1) is 17.6. The second-order valence-electron chi connectivity index (χ2n) is 6.58. The van der Waals surface area contributed by atoms with Crippen molar-refractivity contribution < 1.29 is 14.3 Å². The largest absolute Gasteiger partial charge is 0.480 e. The van der Waals surface area contributed by atoms with Crippen molar-refractivity contribution in [2.75, 3.05) is 26.2 Å². The molecular weight excluding hydrogens is 319 g/mol. The van der Waals surface area contributed by atoms with E-state index >= 15 is 0 Å². The maximum absolute atomic E-state index is 13.8. The molecule has 2 atom stereocenters. The zero-order valence-corrected chi connectivity index (χ0v) is 14.3. The maximum atomic E-state index is 13.8. The van der Waals surface area contributed by atoms with Gasteiger partial charge in [-0.2, -0.15) is 0 Å². The Hall–Kier alpha value is -2.24. The van der Waals surface area contributed by atoms with Crippen LogP contribution in [0.1, 0.15) is 24.1 Å². The Balaban J connectivity index is 1.87. The van der Waals surface area contributed by atoms with Crippen molar-refractivity contribution >= 4 is 5.97 Å². The van der Waals surface area contributed by atoms with E-state index in [0.29, 0.717) is 6.54 Å². The Labute approximate surface area is 147 Å². The fraction of sp³-hybridized carbons (Fsp3) is 0.350. The van der Waals surface area contributed by atoms with E-state index in [9.17, 15) is 9.18 Å². The van der Waals surface area contributed by atoms with Gasteiger partial charge in [0.25, 0.3) is 0 Å². The molecule has 3 rings (SSSR count). The van der Waals surface area contributed by atoms with Gasteiger partial charge in [-0.15, -0.1) is 0 Å². The second-order valence-corrected chi connectivity index (χ2v) is 6.58. The number of benzene rings is 2. The molecule has 25 heavy (non-hydrogen) atoms. The molecule has 0 spiro atoms. The molecule has 5 heteroatoms. The predicted octanol–water partition coefficient (Wildman–Crippen LogP) is 3.01. The summed E-state index contributed by atoms with van der Waals surface area (Å²) in [7, 11) is 0. The average molecular weight is 342 g/mol. The number of carboxylic acid groups (broad SMARTS) is 1. The van der Waals surface area contributed by atoms with Gasteiger partial charge in [0.15, 0.2) is 0 Å². The molecule has 1 aliphatic heterocycles. The summed E-state index contributed by atoms with van der Waals surface area (Å²) in [6.45, 7) is 4.27. The molecule has 2 aromatic rings. The van der Waals surface area contributed by atoms with Gasteiger partial charge in [0.1, 0.15) is 5.82 Å². The van der Waals surface area contributed by atoms with Crippen molar-refractivity contribution in [2.24, 2.45) is 0 Å². The molecule has 0 aliphatic carbocycles. The lowest BCUT2D eigenvalue weighted by Crippen LogP contribution is -2.54. The lowest BCUT2D eigenvalue weighted by molar-refractivity contribution is -0.139. The van der Waals surface area contributed by atoms with Crippen LogP contribution in [-0.4, -0.2) is 53.1 Å². The van der Waals surface area contributed by atoms with Crippen LogP contribution in [0.4, 0.5) is 4.39 Å². The smallest absolute Gasteiger partial charge is 0.317 e. The van der Waals surface area contributed by atoms with Gasteiger partial charge in [0.05, 0.1) is 12.6 Å². The van der Waals surface area contributed by atoms with Gasteiger partial charge >= 0.3 is 5.97 Å². The summed E-state index contributed by atoms with van der Waals surface area (Å²) >= 11 is 0. The van der Waals surface area contributed by atoms with Gasteiger partial charge in [-0.25, -0.2) is 4.39 Å². The molecule has 1 N–H and O–H groups in total. The minimum absolute atomic E-state index is 0.0358. The molecule has 1 aliphatic rings. The van der Waals surface area contributed by atoms with Crippen LogP contribution < -0.4 is 0 Å². The first-order valence-electron chi connectivity index (χ1n) is 8.55. The van der Waals surface area contributed by atoms with Crippen LogP contribution in [0.5, 0.6) is 0 Å². The zero-order chi connectivity index (χ0) is 17.8.